The predicted molar refractivity (Wildman–Crippen MR) is 68.8 cm³/mol. The van der Waals surface area contributed by atoms with E-state index in [9.17, 15) is 14.0 Å². The summed E-state index contributed by atoms with van der Waals surface area (Å²) in [4.78, 5) is 22.6. The Morgan fingerprint density at radius 3 is 2.56 bits per heavy atom. The molecule has 4 nitrogen and oxygen atoms in total. The number of amides is 2. The molecule has 0 aliphatic heterocycles. The minimum absolute atomic E-state index is 0.0597. The molecule has 0 aromatic heterocycles. The van der Waals surface area contributed by atoms with Gasteiger partial charge in [0.2, 0.25) is 11.8 Å². The van der Waals surface area contributed by atoms with E-state index in [4.69, 9.17) is 0 Å². The van der Waals surface area contributed by atoms with Crippen molar-refractivity contribution in [3.05, 3.63) is 24.0 Å². The van der Waals surface area contributed by atoms with Crippen molar-refractivity contribution < 1.29 is 14.0 Å². The Labute approximate surface area is 106 Å². The van der Waals surface area contributed by atoms with E-state index in [0.29, 0.717) is 5.69 Å². The first-order valence-corrected chi connectivity index (χ1v) is 5.82. The minimum atomic E-state index is -0.535. The largest absolute Gasteiger partial charge is 0.326 e. The van der Waals surface area contributed by atoms with E-state index < -0.39 is 5.82 Å². The van der Waals surface area contributed by atoms with Crippen LogP contribution >= 0.6 is 0 Å². The van der Waals surface area contributed by atoms with Crippen LogP contribution in [0.25, 0.3) is 0 Å². The van der Waals surface area contributed by atoms with E-state index in [-0.39, 0.29) is 23.4 Å². The second-order valence-electron chi connectivity index (χ2n) is 4.17. The van der Waals surface area contributed by atoms with Crippen LogP contribution in [-0.2, 0) is 9.59 Å². The number of hydrogen-bond acceptors (Lipinski definition) is 2. The maximum Gasteiger partial charge on any atom is 0.227 e. The van der Waals surface area contributed by atoms with Gasteiger partial charge in [0.05, 0.1) is 5.69 Å². The van der Waals surface area contributed by atoms with E-state index >= 15 is 0 Å². The smallest absolute Gasteiger partial charge is 0.227 e. The third-order valence-electron chi connectivity index (χ3n) is 2.60. The number of carbonyl (C=O) groups excluding carboxylic acids is 2. The number of benzene rings is 1. The molecule has 2 amide bonds. The summed E-state index contributed by atoms with van der Waals surface area (Å²) in [6.07, 6.45) is 0.728. The molecule has 0 bridgehead atoms. The van der Waals surface area contributed by atoms with E-state index in [1.165, 1.54) is 25.1 Å². The number of halogens is 1. The van der Waals surface area contributed by atoms with Crippen LogP contribution in [0.1, 0.15) is 27.2 Å². The zero-order valence-electron chi connectivity index (χ0n) is 10.7. The predicted octanol–water partition coefficient (Wildman–Crippen LogP) is 2.77. The molecule has 0 saturated carbocycles. The van der Waals surface area contributed by atoms with Crippen LogP contribution in [0.4, 0.5) is 15.8 Å². The Morgan fingerprint density at radius 2 is 2.00 bits per heavy atom. The fourth-order valence-electron chi connectivity index (χ4n) is 1.34. The normalized spacial score (nSPS) is 11.8. The van der Waals surface area contributed by atoms with Crippen LogP contribution in [0.5, 0.6) is 0 Å². The minimum Gasteiger partial charge on any atom is -0.326 e. The number of carbonyl (C=O) groups is 2. The zero-order valence-corrected chi connectivity index (χ0v) is 10.7. The molecule has 1 atom stereocenters. The number of anilines is 2. The highest BCUT2D eigenvalue weighted by Gasteiger charge is 2.12. The van der Waals surface area contributed by atoms with Gasteiger partial charge in [-0.15, -0.1) is 0 Å². The highest BCUT2D eigenvalue weighted by Crippen LogP contribution is 2.20. The average molecular weight is 252 g/mol. The monoisotopic (exact) mass is 252 g/mol. The molecule has 1 aromatic rings. The quantitative estimate of drug-likeness (QED) is 0.865. The van der Waals surface area contributed by atoms with Crippen molar-refractivity contribution in [1.82, 2.24) is 0 Å². The number of rotatable bonds is 4. The van der Waals surface area contributed by atoms with Gasteiger partial charge >= 0.3 is 0 Å². The molecule has 0 aliphatic carbocycles. The SMILES string of the molecule is CC[C@@H](C)C(=O)Nc1ccc(F)c(NC(C)=O)c1. The first kappa shape index (κ1) is 14.2. The van der Waals surface area contributed by atoms with Crippen molar-refractivity contribution in [2.45, 2.75) is 27.2 Å². The second-order valence-corrected chi connectivity index (χ2v) is 4.17. The van der Waals surface area contributed by atoms with Crippen molar-refractivity contribution in [1.29, 1.82) is 0 Å². The van der Waals surface area contributed by atoms with Crippen LogP contribution in [-0.4, -0.2) is 11.8 Å². The van der Waals surface area contributed by atoms with Crippen LogP contribution < -0.4 is 10.6 Å². The van der Waals surface area contributed by atoms with E-state index in [0.717, 1.165) is 6.42 Å². The molecule has 0 fully saturated rings. The second kappa shape index (κ2) is 6.14. The first-order chi connectivity index (χ1) is 8.43. The third-order valence-corrected chi connectivity index (χ3v) is 2.60. The third kappa shape index (κ3) is 3.84. The van der Waals surface area contributed by atoms with Gasteiger partial charge in [0, 0.05) is 18.5 Å². The topological polar surface area (TPSA) is 58.2 Å². The van der Waals surface area contributed by atoms with Crippen molar-refractivity contribution in [3.8, 4) is 0 Å². The molecular formula is C13H17FN2O2. The molecule has 0 saturated heterocycles. The van der Waals surface area contributed by atoms with Crippen LogP contribution in [0.2, 0.25) is 0 Å². The van der Waals surface area contributed by atoms with Crippen molar-refractivity contribution >= 4 is 23.2 Å². The van der Waals surface area contributed by atoms with Gasteiger partial charge in [0.15, 0.2) is 0 Å². The van der Waals surface area contributed by atoms with E-state index in [1.54, 1.807) is 0 Å². The van der Waals surface area contributed by atoms with Crippen molar-refractivity contribution in [2.75, 3.05) is 10.6 Å². The highest BCUT2D eigenvalue weighted by atomic mass is 19.1. The van der Waals surface area contributed by atoms with Crippen LogP contribution in [0.15, 0.2) is 18.2 Å². The summed E-state index contributed by atoms with van der Waals surface area (Å²) in [6, 6.07) is 4.06. The maximum absolute atomic E-state index is 13.4. The molecule has 5 heteroatoms. The molecule has 0 radical (unpaired) electrons. The highest BCUT2D eigenvalue weighted by molar-refractivity contribution is 5.94. The molecule has 1 rings (SSSR count). The average Bonchev–Trinajstić information content (AvgIpc) is 2.31. The lowest BCUT2D eigenvalue weighted by Gasteiger charge is -2.11. The zero-order chi connectivity index (χ0) is 13.7. The maximum atomic E-state index is 13.4. The Balaban J connectivity index is 2.85. The molecule has 0 unspecified atom stereocenters. The molecule has 1 aromatic carbocycles. The van der Waals surface area contributed by atoms with Gasteiger partial charge in [-0.1, -0.05) is 13.8 Å². The summed E-state index contributed by atoms with van der Waals surface area (Å²) >= 11 is 0. The fourth-order valence-corrected chi connectivity index (χ4v) is 1.34. The molecule has 18 heavy (non-hydrogen) atoms. The van der Waals surface area contributed by atoms with Crippen molar-refractivity contribution in [2.24, 2.45) is 5.92 Å². The molecule has 0 heterocycles. The molecule has 0 spiro atoms. The summed E-state index contributed by atoms with van der Waals surface area (Å²) in [5.74, 6) is -1.14. The van der Waals surface area contributed by atoms with Gasteiger partial charge in [0.1, 0.15) is 5.82 Å². The summed E-state index contributed by atoms with van der Waals surface area (Å²) in [6.45, 7) is 5.02. The lowest BCUT2D eigenvalue weighted by molar-refractivity contribution is -0.119. The lowest BCUT2D eigenvalue weighted by Crippen LogP contribution is -2.19. The molecule has 98 valence electrons. The molecular weight excluding hydrogens is 235 g/mol. The molecule has 0 aliphatic rings. The number of hydrogen-bond donors (Lipinski definition) is 2. The lowest BCUT2D eigenvalue weighted by atomic mass is 10.1. The Bertz CT molecular complexity index is 460. The van der Waals surface area contributed by atoms with Gasteiger partial charge in [-0.3, -0.25) is 9.59 Å². The molecule has 2 N–H and O–H groups in total. The number of nitrogens with one attached hydrogen (secondary N) is 2. The first-order valence-electron chi connectivity index (χ1n) is 5.82. The van der Waals surface area contributed by atoms with E-state index in [2.05, 4.69) is 10.6 Å². The summed E-state index contributed by atoms with van der Waals surface area (Å²) in [5.41, 5.74) is 0.523. The standard InChI is InChI=1S/C13H17FN2O2/c1-4-8(2)13(18)16-10-5-6-11(14)12(7-10)15-9(3)17/h5-8H,4H2,1-3H3,(H,15,17)(H,16,18)/t8-/m1/s1. The van der Waals surface area contributed by atoms with Crippen LogP contribution in [0, 0.1) is 11.7 Å². The van der Waals surface area contributed by atoms with Gasteiger partial charge in [-0.05, 0) is 24.6 Å². The Kier molecular flexibility index (Phi) is 4.83. The Hall–Kier alpha value is -1.91. The van der Waals surface area contributed by atoms with E-state index in [1.807, 2.05) is 13.8 Å². The fraction of sp³-hybridized carbons (Fsp3) is 0.385. The summed E-state index contributed by atoms with van der Waals surface area (Å²) in [5, 5.41) is 5.04. The van der Waals surface area contributed by atoms with Crippen molar-refractivity contribution in [3.63, 3.8) is 0 Å². The van der Waals surface area contributed by atoms with Gasteiger partial charge in [-0.25, -0.2) is 4.39 Å². The van der Waals surface area contributed by atoms with Crippen LogP contribution in [0.3, 0.4) is 0 Å². The summed E-state index contributed by atoms with van der Waals surface area (Å²) < 4.78 is 13.4. The van der Waals surface area contributed by atoms with Gasteiger partial charge in [0.25, 0.3) is 0 Å². The van der Waals surface area contributed by atoms with Gasteiger partial charge in [-0.2, -0.15) is 0 Å². The Morgan fingerprint density at radius 1 is 1.33 bits per heavy atom. The summed E-state index contributed by atoms with van der Waals surface area (Å²) in [7, 11) is 0. The van der Waals surface area contributed by atoms with Gasteiger partial charge < -0.3 is 10.6 Å².